The van der Waals surface area contributed by atoms with Gasteiger partial charge in [-0.25, -0.2) is 0 Å². The van der Waals surface area contributed by atoms with Crippen molar-refractivity contribution in [2.75, 3.05) is 7.11 Å². The van der Waals surface area contributed by atoms with Crippen molar-refractivity contribution >= 4 is 5.78 Å². The zero-order valence-corrected chi connectivity index (χ0v) is 9.78. The Balaban J connectivity index is 3.00. The Morgan fingerprint density at radius 3 is 2.47 bits per heavy atom. The second-order valence-corrected chi connectivity index (χ2v) is 3.64. The number of carbonyl (C=O) groups excluding carboxylic acids is 1. The van der Waals surface area contributed by atoms with Gasteiger partial charge in [-0.2, -0.15) is 5.10 Å². The van der Waals surface area contributed by atoms with Crippen LogP contribution in [0.3, 0.4) is 0 Å². The maximum absolute atomic E-state index is 12.2. The monoisotopic (exact) mass is 210 g/mol. The highest BCUT2D eigenvalue weighted by Gasteiger charge is 2.35. The number of carbonyl (C=O) groups is 1. The van der Waals surface area contributed by atoms with Gasteiger partial charge in [0.2, 0.25) is 0 Å². The number of ether oxygens (including phenoxy) is 1. The maximum atomic E-state index is 12.2. The molecule has 1 heterocycles. The zero-order valence-electron chi connectivity index (χ0n) is 9.78. The highest BCUT2D eigenvalue weighted by atomic mass is 16.5. The third-order valence-electron chi connectivity index (χ3n) is 2.91. The molecule has 1 rings (SSSR count). The first kappa shape index (κ1) is 11.9. The number of rotatable bonds is 5. The molecule has 4 nitrogen and oxygen atoms in total. The molecule has 0 amide bonds. The van der Waals surface area contributed by atoms with E-state index in [0.29, 0.717) is 18.4 Å². The van der Waals surface area contributed by atoms with Crippen LogP contribution in [-0.4, -0.2) is 28.3 Å². The lowest BCUT2D eigenvalue weighted by atomic mass is 9.89. The van der Waals surface area contributed by atoms with Crippen molar-refractivity contribution in [3.63, 3.8) is 0 Å². The molecule has 0 N–H and O–H groups in total. The molecular weight excluding hydrogens is 192 g/mol. The van der Waals surface area contributed by atoms with E-state index in [4.69, 9.17) is 4.74 Å². The molecule has 0 saturated carbocycles. The number of aromatic nitrogens is 2. The molecule has 1 aromatic heterocycles. The van der Waals surface area contributed by atoms with Crippen molar-refractivity contribution in [2.24, 2.45) is 7.05 Å². The molecule has 84 valence electrons. The number of hydrogen-bond donors (Lipinski definition) is 0. The van der Waals surface area contributed by atoms with Crippen molar-refractivity contribution < 1.29 is 9.53 Å². The third-order valence-corrected chi connectivity index (χ3v) is 2.91. The van der Waals surface area contributed by atoms with Crippen molar-refractivity contribution in [1.82, 2.24) is 9.78 Å². The molecule has 0 aliphatic rings. The number of hydrogen-bond acceptors (Lipinski definition) is 3. The van der Waals surface area contributed by atoms with Crippen molar-refractivity contribution in [3.05, 3.63) is 18.0 Å². The fourth-order valence-corrected chi connectivity index (χ4v) is 1.75. The molecular formula is C11H18N2O2. The number of ketones is 1. The van der Waals surface area contributed by atoms with E-state index in [0.717, 1.165) is 0 Å². The summed E-state index contributed by atoms with van der Waals surface area (Å²) in [6.07, 6.45) is 4.66. The molecule has 0 atom stereocenters. The summed E-state index contributed by atoms with van der Waals surface area (Å²) in [6.45, 7) is 3.92. The van der Waals surface area contributed by atoms with Gasteiger partial charge in [0.25, 0.3) is 0 Å². The molecule has 0 aliphatic carbocycles. The average molecular weight is 210 g/mol. The molecule has 0 aliphatic heterocycles. The predicted octanol–water partition coefficient (Wildman–Crippen LogP) is 1.81. The zero-order chi connectivity index (χ0) is 11.5. The first-order chi connectivity index (χ1) is 7.09. The lowest BCUT2D eigenvalue weighted by Gasteiger charge is -2.27. The highest BCUT2D eigenvalue weighted by molar-refractivity contribution is 6.02. The van der Waals surface area contributed by atoms with Gasteiger partial charge in [-0.3, -0.25) is 9.48 Å². The lowest BCUT2D eigenvalue weighted by Crippen LogP contribution is -2.39. The fourth-order valence-electron chi connectivity index (χ4n) is 1.75. The average Bonchev–Trinajstić information content (AvgIpc) is 2.68. The normalized spacial score (nSPS) is 11.7. The van der Waals surface area contributed by atoms with Gasteiger partial charge in [-0.15, -0.1) is 0 Å². The second-order valence-electron chi connectivity index (χ2n) is 3.64. The molecule has 0 unspecified atom stereocenters. The summed E-state index contributed by atoms with van der Waals surface area (Å²) in [5, 5.41) is 3.99. The SMILES string of the molecule is CCC(CC)(OC)C(=O)c1cnn(C)c1. The van der Waals surface area contributed by atoms with Crippen molar-refractivity contribution in [1.29, 1.82) is 0 Å². The summed E-state index contributed by atoms with van der Waals surface area (Å²) >= 11 is 0. The molecule has 0 radical (unpaired) electrons. The minimum absolute atomic E-state index is 0.0168. The van der Waals surface area contributed by atoms with Crippen LogP contribution in [-0.2, 0) is 11.8 Å². The minimum atomic E-state index is -0.691. The van der Waals surface area contributed by atoms with Gasteiger partial charge in [-0.05, 0) is 12.8 Å². The van der Waals surface area contributed by atoms with E-state index in [1.165, 1.54) is 0 Å². The summed E-state index contributed by atoms with van der Waals surface area (Å²) < 4.78 is 7.00. The van der Waals surface area contributed by atoms with E-state index in [1.54, 1.807) is 31.2 Å². The molecule has 0 bridgehead atoms. The Bertz CT molecular complexity index is 332. The minimum Gasteiger partial charge on any atom is -0.370 e. The van der Waals surface area contributed by atoms with Crippen LogP contribution >= 0.6 is 0 Å². The van der Waals surface area contributed by atoms with E-state index in [-0.39, 0.29) is 5.78 Å². The topological polar surface area (TPSA) is 44.1 Å². The first-order valence-electron chi connectivity index (χ1n) is 5.18. The molecule has 4 heteroatoms. The number of methoxy groups -OCH3 is 1. The van der Waals surface area contributed by atoms with Crippen molar-refractivity contribution in [3.8, 4) is 0 Å². The number of Topliss-reactive ketones (excluding diaryl/α,β-unsaturated/α-hetero) is 1. The summed E-state index contributed by atoms with van der Waals surface area (Å²) in [6, 6.07) is 0. The number of aryl methyl sites for hydroxylation is 1. The standard InChI is InChI=1S/C11H18N2O2/c1-5-11(6-2,15-4)10(14)9-7-12-13(3)8-9/h7-8H,5-6H2,1-4H3. The van der Waals surface area contributed by atoms with Gasteiger partial charge < -0.3 is 4.74 Å². The van der Waals surface area contributed by atoms with Gasteiger partial charge in [0, 0.05) is 20.4 Å². The van der Waals surface area contributed by atoms with Gasteiger partial charge in [0.1, 0.15) is 5.60 Å². The molecule has 0 saturated heterocycles. The Labute approximate surface area is 90.2 Å². The van der Waals surface area contributed by atoms with E-state index in [9.17, 15) is 4.79 Å². The highest BCUT2D eigenvalue weighted by Crippen LogP contribution is 2.24. The third kappa shape index (κ3) is 2.09. The molecule has 0 aromatic carbocycles. The Kier molecular flexibility index (Phi) is 3.63. The summed E-state index contributed by atoms with van der Waals surface area (Å²) in [5.74, 6) is 0.0168. The van der Waals surface area contributed by atoms with Crippen molar-refractivity contribution in [2.45, 2.75) is 32.3 Å². The van der Waals surface area contributed by atoms with E-state index >= 15 is 0 Å². The lowest BCUT2D eigenvalue weighted by molar-refractivity contribution is -0.00261. The Morgan fingerprint density at radius 2 is 2.13 bits per heavy atom. The van der Waals surface area contributed by atoms with Crippen LogP contribution in [0.25, 0.3) is 0 Å². The van der Waals surface area contributed by atoms with E-state index in [2.05, 4.69) is 5.10 Å². The van der Waals surface area contributed by atoms with E-state index in [1.807, 2.05) is 13.8 Å². The van der Waals surface area contributed by atoms with Crippen LogP contribution < -0.4 is 0 Å². The first-order valence-corrected chi connectivity index (χ1v) is 5.18. The van der Waals surface area contributed by atoms with Crippen LogP contribution in [0.15, 0.2) is 12.4 Å². The van der Waals surface area contributed by atoms with Crippen LogP contribution in [0.5, 0.6) is 0 Å². The maximum Gasteiger partial charge on any atom is 0.197 e. The molecule has 0 spiro atoms. The fraction of sp³-hybridized carbons (Fsp3) is 0.636. The summed E-state index contributed by atoms with van der Waals surface area (Å²) in [7, 11) is 3.38. The smallest absolute Gasteiger partial charge is 0.197 e. The van der Waals surface area contributed by atoms with Crippen LogP contribution in [0.4, 0.5) is 0 Å². The van der Waals surface area contributed by atoms with E-state index < -0.39 is 5.60 Å². The van der Waals surface area contributed by atoms with Crippen LogP contribution in [0, 0.1) is 0 Å². The largest absolute Gasteiger partial charge is 0.370 e. The molecule has 0 fully saturated rings. The van der Waals surface area contributed by atoms with Crippen LogP contribution in [0.2, 0.25) is 0 Å². The van der Waals surface area contributed by atoms with Gasteiger partial charge >= 0.3 is 0 Å². The second kappa shape index (κ2) is 4.57. The molecule has 15 heavy (non-hydrogen) atoms. The summed E-state index contributed by atoms with van der Waals surface area (Å²) in [5.41, 5.74) is -0.0775. The Hall–Kier alpha value is -1.16. The van der Waals surface area contributed by atoms with Gasteiger partial charge in [0.15, 0.2) is 5.78 Å². The van der Waals surface area contributed by atoms with Gasteiger partial charge in [-0.1, -0.05) is 13.8 Å². The van der Waals surface area contributed by atoms with Crippen LogP contribution in [0.1, 0.15) is 37.0 Å². The van der Waals surface area contributed by atoms with Gasteiger partial charge in [0.05, 0.1) is 11.8 Å². The molecule has 1 aromatic rings. The quantitative estimate of drug-likeness (QED) is 0.696. The number of nitrogens with zero attached hydrogens (tertiary/aromatic N) is 2. The summed E-state index contributed by atoms with van der Waals surface area (Å²) in [4.78, 5) is 12.2. The Morgan fingerprint density at radius 1 is 1.53 bits per heavy atom. The predicted molar refractivity (Wildman–Crippen MR) is 57.9 cm³/mol.